The highest BCUT2D eigenvalue weighted by atomic mass is 16.5. The summed E-state index contributed by atoms with van der Waals surface area (Å²) in [5, 5.41) is 34.2. The van der Waals surface area contributed by atoms with Gasteiger partial charge in [-0.2, -0.15) is 0 Å². The van der Waals surface area contributed by atoms with Crippen molar-refractivity contribution in [1.29, 1.82) is 0 Å². The molecule has 112 valence electrons. The summed E-state index contributed by atoms with van der Waals surface area (Å²) in [5.74, 6) is -6.38. The van der Waals surface area contributed by atoms with Crippen LogP contribution in [-0.4, -0.2) is 44.3 Å². The van der Waals surface area contributed by atoms with E-state index in [0.717, 1.165) is 6.08 Å². The molecule has 0 aliphatic heterocycles. The van der Waals surface area contributed by atoms with Crippen molar-refractivity contribution >= 4 is 23.9 Å². The lowest BCUT2D eigenvalue weighted by atomic mass is 10.2. The van der Waals surface area contributed by atoms with Gasteiger partial charge in [0.25, 0.3) is 0 Å². The number of carboxylic acids is 4. The van der Waals surface area contributed by atoms with Crippen LogP contribution in [0.2, 0.25) is 0 Å². The lowest BCUT2D eigenvalue weighted by molar-refractivity contribution is -0.133. The van der Waals surface area contributed by atoms with Crippen LogP contribution in [0.5, 0.6) is 0 Å². The first kappa shape index (κ1) is 17.6. The molecule has 0 heterocycles. The van der Waals surface area contributed by atoms with E-state index in [-0.39, 0.29) is 0 Å². The second-order valence-electron chi connectivity index (χ2n) is 3.19. The SMILES string of the molecule is O=C(O)C=COC(C=CC(=O)O)=C(C=CC(=O)O)C(=O)O. The first-order valence-electron chi connectivity index (χ1n) is 5.09. The largest absolute Gasteiger partial charge is 0.478 e. The Morgan fingerprint density at radius 1 is 0.667 bits per heavy atom. The van der Waals surface area contributed by atoms with Gasteiger partial charge in [-0.3, -0.25) is 0 Å². The molecular weight excluding hydrogens is 288 g/mol. The summed E-state index contributed by atoms with van der Waals surface area (Å²) in [6, 6.07) is 0. The fraction of sp³-hybridized carbons (Fsp3) is 0. The Morgan fingerprint density at radius 2 is 1.14 bits per heavy atom. The minimum atomic E-state index is -1.60. The van der Waals surface area contributed by atoms with Gasteiger partial charge in [0.1, 0.15) is 11.3 Å². The lowest BCUT2D eigenvalue weighted by Crippen LogP contribution is -2.04. The first-order valence-corrected chi connectivity index (χ1v) is 5.09. The third kappa shape index (κ3) is 8.37. The van der Waals surface area contributed by atoms with Gasteiger partial charge < -0.3 is 25.2 Å². The van der Waals surface area contributed by atoms with Gasteiger partial charge in [0.15, 0.2) is 0 Å². The van der Waals surface area contributed by atoms with Crippen molar-refractivity contribution in [2.24, 2.45) is 0 Å². The zero-order valence-corrected chi connectivity index (χ0v) is 10.3. The maximum absolute atomic E-state index is 11.0. The van der Waals surface area contributed by atoms with E-state index in [2.05, 4.69) is 0 Å². The third-order valence-electron chi connectivity index (χ3n) is 1.67. The summed E-state index contributed by atoms with van der Waals surface area (Å²) < 4.78 is 4.70. The van der Waals surface area contributed by atoms with Crippen LogP contribution in [-0.2, 0) is 23.9 Å². The van der Waals surface area contributed by atoms with E-state index >= 15 is 0 Å². The maximum Gasteiger partial charge on any atom is 0.339 e. The molecular formula is C12H10O9. The summed E-state index contributed by atoms with van der Waals surface area (Å²) in [6.45, 7) is 0. The van der Waals surface area contributed by atoms with Crippen LogP contribution in [0, 0.1) is 0 Å². The number of hydrogen-bond donors (Lipinski definition) is 4. The number of aliphatic carboxylic acids is 4. The molecule has 0 aromatic heterocycles. The van der Waals surface area contributed by atoms with Crippen LogP contribution in [0.15, 0.2) is 48.0 Å². The molecule has 0 bridgehead atoms. The molecule has 4 N–H and O–H groups in total. The second-order valence-corrected chi connectivity index (χ2v) is 3.19. The molecule has 0 fully saturated rings. The molecule has 0 saturated heterocycles. The van der Waals surface area contributed by atoms with Crippen molar-refractivity contribution in [3.05, 3.63) is 48.0 Å². The highest BCUT2D eigenvalue weighted by Gasteiger charge is 2.12. The van der Waals surface area contributed by atoms with Gasteiger partial charge >= 0.3 is 23.9 Å². The topological polar surface area (TPSA) is 158 Å². The Morgan fingerprint density at radius 3 is 1.57 bits per heavy atom. The predicted molar refractivity (Wildman–Crippen MR) is 66.1 cm³/mol. The maximum atomic E-state index is 11.0. The molecule has 0 rings (SSSR count). The average Bonchev–Trinajstić information content (AvgIpc) is 2.33. The van der Waals surface area contributed by atoms with Crippen molar-refractivity contribution in [2.45, 2.75) is 0 Å². The average molecular weight is 298 g/mol. The molecule has 0 unspecified atom stereocenters. The Kier molecular flexibility index (Phi) is 7.30. The molecule has 0 aromatic rings. The van der Waals surface area contributed by atoms with Crippen molar-refractivity contribution in [3.63, 3.8) is 0 Å². The molecule has 0 radical (unpaired) electrons. The minimum absolute atomic E-state index is 0.502. The fourth-order valence-electron chi connectivity index (χ4n) is 0.918. The second kappa shape index (κ2) is 8.69. The first-order chi connectivity index (χ1) is 9.73. The molecule has 0 amide bonds. The molecule has 0 spiro atoms. The van der Waals surface area contributed by atoms with Gasteiger partial charge in [0.05, 0.1) is 12.3 Å². The molecule has 0 aliphatic rings. The number of carboxylic acid groups (broad SMARTS) is 4. The van der Waals surface area contributed by atoms with E-state index in [1.807, 2.05) is 0 Å². The van der Waals surface area contributed by atoms with E-state index in [1.54, 1.807) is 0 Å². The molecule has 0 saturated carbocycles. The molecule has 0 atom stereocenters. The van der Waals surface area contributed by atoms with Gasteiger partial charge in [-0.15, -0.1) is 0 Å². The Bertz CT molecular complexity index is 563. The standard InChI is InChI=1S/C12H10O9/c13-9(14)3-1-7(12(19)20)8(2-4-10(15)16)21-6-5-11(17)18/h1-6H,(H,13,14)(H,15,16)(H,17,18)(H,19,20). The quantitative estimate of drug-likeness (QED) is 0.279. The summed E-state index contributed by atoms with van der Waals surface area (Å²) in [7, 11) is 0. The fourth-order valence-corrected chi connectivity index (χ4v) is 0.918. The highest BCUT2D eigenvalue weighted by Crippen LogP contribution is 2.11. The van der Waals surface area contributed by atoms with Crippen molar-refractivity contribution in [1.82, 2.24) is 0 Å². The highest BCUT2D eigenvalue weighted by molar-refractivity contribution is 5.93. The molecule has 9 heteroatoms. The summed E-state index contributed by atoms with van der Waals surface area (Å²) in [5.41, 5.74) is -0.676. The normalized spacial score (nSPS) is 12.6. The molecule has 9 nitrogen and oxygen atoms in total. The van der Waals surface area contributed by atoms with Gasteiger partial charge in [-0.05, 0) is 12.2 Å². The Labute approximate surface area is 117 Å². The van der Waals surface area contributed by atoms with E-state index in [0.29, 0.717) is 30.6 Å². The van der Waals surface area contributed by atoms with Gasteiger partial charge in [0, 0.05) is 12.2 Å². The number of rotatable bonds is 8. The van der Waals surface area contributed by atoms with Gasteiger partial charge in [-0.25, -0.2) is 19.2 Å². The predicted octanol–water partition coefficient (Wildman–Crippen LogP) is 0.222. The lowest BCUT2D eigenvalue weighted by Gasteiger charge is -2.04. The number of hydrogen-bond acceptors (Lipinski definition) is 5. The zero-order valence-electron chi connectivity index (χ0n) is 10.3. The van der Waals surface area contributed by atoms with Crippen molar-refractivity contribution in [2.75, 3.05) is 0 Å². The van der Waals surface area contributed by atoms with Crippen molar-refractivity contribution < 1.29 is 44.3 Å². The number of ether oxygens (including phenoxy) is 1. The summed E-state index contributed by atoms with van der Waals surface area (Å²) in [6.07, 6.45) is 3.60. The van der Waals surface area contributed by atoms with E-state index in [9.17, 15) is 19.2 Å². The molecule has 0 aromatic carbocycles. The third-order valence-corrected chi connectivity index (χ3v) is 1.67. The molecule has 0 aliphatic carbocycles. The van der Waals surface area contributed by atoms with Crippen molar-refractivity contribution in [3.8, 4) is 0 Å². The van der Waals surface area contributed by atoms with Gasteiger partial charge in [-0.1, -0.05) is 0 Å². The number of carbonyl (C=O) groups is 4. The van der Waals surface area contributed by atoms with Crippen LogP contribution < -0.4 is 0 Å². The van der Waals surface area contributed by atoms with Crippen LogP contribution in [0.25, 0.3) is 0 Å². The summed E-state index contributed by atoms with van der Waals surface area (Å²) in [4.78, 5) is 42.0. The van der Waals surface area contributed by atoms with E-state index in [1.165, 1.54) is 0 Å². The Balaban J connectivity index is 5.67. The smallest absolute Gasteiger partial charge is 0.339 e. The molecule has 21 heavy (non-hydrogen) atoms. The van der Waals surface area contributed by atoms with E-state index in [4.69, 9.17) is 25.2 Å². The van der Waals surface area contributed by atoms with Gasteiger partial charge in [0.2, 0.25) is 0 Å². The number of allylic oxidation sites excluding steroid dienone is 1. The minimum Gasteiger partial charge on any atom is -0.478 e. The van der Waals surface area contributed by atoms with Crippen LogP contribution in [0.1, 0.15) is 0 Å². The van der Waals surface area contributed by atoms with Crippen LogP contribution in [0.4, 0.5) is 0 Å². The summed E-state index contributed by atoms with van der Waals surface area (Å²) >= 11 is 0. The van der Waals surface area contributed by atoms with Crippen LogP contribution >= 0.6 is 0 Å². The monoisotopic (exact) mass is 298 g/mol. The zero-order chi connectivity index (χ0) is 16.4. The van der Waals surface area contributed by atoms with E-state index < -0.39 is 35.2 Å². The Hall–Kier alpha value is -3.36. The van der Waals surface area contributed by atoms with Crippen LogP contribution in [0.3, 0.4) is 0 Å².